The van der Waals surface area contributed by atoms with Crippen LogP contribution in [0.3, 0.4) is 0 Å². The standard InChI is InChI=1S/C10H15N3S/c1-8-5-6-9(7-11-8)12-10(14-4)13(2)3/h5-7H,1-4H3. The molecule has 3 nitrogen and oxygen atoms in total. The molecule has 0 aliphatic rings. The van der Waals surface area contributed by atoms with Crippen molar-refractivity contribution in [2.45, 2.75) is 6.92 Å². The number of nitrogens with zero attached hydrogens (tertiary/aromatic N) is 3. The molecule has 1 heterocycles. The molecule has 1 rings (SSSR count). The van der Waals surface area contributed by atoms with Crippen LogP contribution in [-0.2, 0) is 0 Å². The van der Waals surface area contributed by atoms with Crippen molar-refractivity contribution in [3.05, 3.63) is 24.0 Å². The summed E-state index contributed by atoms with van der Waals surface area (Å²) in [7, 11) is 3.97. The zero-order chi connectivity index (χ0) is 10.6. The maximum Gasteiger partial charge on any atom is 0.163 e. The molecule has 0 saturated heterocycles. The lowest BCUT2D eigenvalue weighted by molar-refractivity contribution is 0.637. The summed E-state index contributed by atoms with van der Waals surface area (Å²) < 4.78 is 0. The fraction of sp³-hybridized carbons (Fsp3) is 0.400. The highest BCUT2D eigenvalue weighted by atomic mass is 32.2. The van der Waals surface area contributed by atoms with E-state index in [1.165, 1.54) is 0 Å². The lowest BCUT2D eigenvalue weighted by Gasteiger charge is -2.12. The molecule has 0 atom stereocenters. The number of aryl methyl sites for hydroxylation is 1. The zero-order valence-corrected chi connectivity index (χ0v) is 9.80. The minimum Gasteiger partial charge on any atom is -0.357 e. The van der Waals surface area contributed by atoms with Gasteiger partial charge >= 0.3 is 0 Å². The Morgan fingerprint density at radius 3 is 2.57 bits per heavy atom. The van der Waals surface area contributed by atoms with E-state index >= 15 is 0 Å². The van der Waals surface area contributed by atoms with Crippen molar-refractivity contribution in [3.63, 3.8) is 0 Å². The molecule has 0 spiro atoms. The third-order valence-corrected chi connectivity index (χ3v) is 2.51. The number of pyridine rings is 1. The van der Waals surface area contributed by atoms with Crippen LogP contribution < -0.4 is 0 Å². The summed E-state index contributed by atoms with van der Waals surface area (Å²) in [5.74, 6) is 0. The Morgan fingerprint density at radius 1 is 1.43 bits per heavy atom. The van der Waals surface area contributed by atoms with Gasteiger partial charge in [-0.2, -0.15) is 0 Å². The molecule has 0 bridgehead atoms. The van der Waals surface area contributed by atoms with Crippen LogP contribution in [0.25, 0.3) is 0 Å². The molecular weight excluding hydrogens is 194 g/mol. The Morgan fingerprint density at radius 2 is 2.14 bits per heavy atom. The Labute approximate surface area is 89.3 Å². The van der Waals surface area contributed by atoms with Crippen LogP contribution in [0.15, 0.2) is 23.3 Å². The third-order valence-electron chi connectivity index (χ3n) is 1.69. The first-order chi connectivity index (χ1) is 6.63. The van der Waals surface area contributed by atoms with Crippen molar-refractivity contribution in [2.24, 2.45) is 4.99 Å². The second-order valence-electron chi connectivity index (χ2n) is 3.15. The quantitative estimate of drug-likeness (QED) is 0.525. The van der Waals surface area contributed by atoms with Gasteiger partial charge < -0.3 is 4.90 Å². The number of hydrogen-bond acceptors (Lipinski definition) is 3. The maximum absolute atomic E-state index is 4.46. The van der Waals surface area contributed by atoms with E-state index in [-0.39, 0.29) is 0 Å². The second kappa shape index (κ2) is 5.00. The summed E-state index contributed by atoms with van der Waals surface area (Å²) in [4.78, 5) is 10.6. The largest absolute Gasteiger partial charge is 0.357 e. The average Bonchev–Trinajstić information content (AvgIpc) is 2.16. The van der Waals surface area contributed by atoms with Crippen molar-refractivity contribution in [1.82, 2.24) is 9.88 Å². The molecule has 76 valence electrons. The highest BCUT2D eigenvalue weighted by Crippen LogP contribution is 2.14. The molecule has 0 aliphatic heterocycles. The van der Waals surface area contributed by atoms with E-state index in [0.29, 0.717) is 0 Å². The van der Waals surface area contributed by atoms with Crippen LogP contribution >= 0.6 is 11.8 Å². The zero-order valence-electron chi connectivity index (χ0n) is 8.98. The fourth-order valence-electron chi connectivity index (χ4n) is 0.965. The van der Waals surface area contributed by atoms with Crippen LogP contribution in [0.4, 0.5) is 5.69 Å². The molecule has 0 amide bonds. The number of aromatic nitrogens is 1. The first kappa shape index (κ1) is 11.0. The molecular formula is C10H15N3S. The van der Waals surface area contributed by atoms with Crippen LogP contribution in [0.1, 0.15) is 5.69 Å². The van der Waals surface area contributed by atoms with E-state index in [4.69, 9.17) is 0 Å². The predicted molar refractivity (Wildman–Crippen MR) is 63.3 cm³/mol. The number of aliphatic imine (C=N–C) groups is 1. The minimum absolute atomic E-state index is 0.897. The molecule has 0 unspecified atom stereocenters. The van der Waals surface area contributed by atoms with Gasteiger partial charge in [0.2, 0.25) is 0 Å². The fourth-order valence-corrected chi connectivity index (χ4v) is 1.53. The van der Waals surface area contributed by atoms with Crippen molar-refractivity contribution in [3.8, 4) is 0 Å². The van der Waals surface area contributed by atoms with Crippen molar-refractivity contribution in [2.75, 3.05) is 20.4 Å². The van der Waals surface area contributed by atoms with Crippen molar-refractivity contribution >= 4 is 22.6 Å². The Kier molecular flexibility index (Phi) is 3.95. The van der Waals surface area contributed by atoms with Gasteiger partial charge in [-0.05, 0) is 25.3 Å². The third kappa shape index (κ3) is 3.03. The second-order valence-corrected chi connectivity index (χ2v) is 3.92. The molecule has 1 aromatic rings. The van der Waals surface area contributed by atoms with E-state index in [2.05, 4.69) is 9.98 Å². The number of hydrogen-bond donors (Lipinski definition) is 0. The summed E-state index contributed by atoms with van der Waals surface area (Å²) in [5, 5.41) is 0.982. The maximum atomic E-state index is 4.46. The highest BCUT2D eigenvalue weighted by Gasteiger charge is 1.99. The summed E-state index contributed by atoms with van der Waals surface area (Å²) in [6.07, 6.45) is 3.80. The first-order valence-corrected chi connectivity index (χ1v) is 5.58. The van der Waals surface area contributed by atoms with Crippen LogP contribution in [0, 0.1) is 6.92 Å². The van der Waals surface area contributed by atoms with Crippen molar-refractivity contribution in [1.29, 1.82) is 0 Å². The summed E-state index contributed by atoms with van der Waals surface area (Å²) in [6, 6.07) is 3.94. The van der Waals surface area contributed by atoms with Crippen molar-refractivity contribution < 1.29 is 0 Å². The summed E-state index contributed by atoms with van der Waals surface area (Å²) in [6.45, 7) is 1.97. The molecule has 0 saturated carbocycles. The van der Waals surface area contributed by atoms with Gasteiger partial charge in [0.1, 0.15) is 0 Å². The lowest BCUT2D eigenvalue weighted by atomic mass is 10.3. The van der Waals surface area contributed by atoms with Gasteiger partial charge in [-0.25, -0.2) is 4.99 Å². The van der Waals surface area contributed by atoms with Gasteiger partial charge in [0, 0.05) is 19.8 Å². The Bertz CT molecular complexity index is 317. The molecule has 0 aliphatic carbocycles. The van der Waals surface area contributed by atoms with Gasteiger partial charge in [0.05, 0.1) is 11.9 Å². The molecule has 0 N–H and O–H groups in total. The number of amidine groups is 1. The van der Waals surface area contributed by atoms with Gasteiger partial charge in [-0.15, -0.1) is 0 Å². The SMILES string of the molecule is CSC(=Nc1ccc(C)nc1)N(C)C. The lowest BCUT2D eigenvalue weighted by Crippen LogP contribution is -2.17. The molecule has 14 heavy (non-hydrogen) atoms. The van der Waals surface area contributed by atoms with E-state index in [1.807, 2.05) is 44.3 Å². The molecule has 0 aromatic carbocycles. The highest BCUT2D eigenvalue weighted by molar-refractivity contribution is 8.13. The van der Waals surface area contributed by atoms with Crippen LogP contribution in [-0.4, -0.2) is 35.4 Å². The smallest absolute Gasteiger partial charge is 0.163 e. The normalized spacial score (nSPS) is 11.6. The number of thioether (sulfide) groups is 1. The minimum atomic E-state index is 0.897. The van der Waals surface area contributed by atoms with E-state index < -0.39 is 0 Å². The van der Waals surface area contributed by atoms with Gasteiger partial charge in [0.15, 0.2) is 5.17 Å². The first-order valence-electron chi connectivity index (χ1n) is 4.36. The topological polar surface area (TPSA) is 28.5 Å². The Balaban J connectivity index is 2.89. The van der Waals surface area contributed by atoms with Crippen LogP contribution in [0.2, 0.25) is 0 Å². The van der Waals surface area contributed by atoms with Gasteiger partial charge in [-0.1, -0.05) is 11.8 Å². The predicted octanol–water partition coefficient (Wildman–Crippen LogP) is 2.30. The molecule has 0 radical (unpaired) electrons. The number of rotatable bonds is 1. The van der Waals surface area contributed by atoms with Gasteiger partial charge in [0.25, 0.3) is 0 Å². The molecule has 4 heteroatoms. The van der Waals surface area contributed by atoms with E-state index in [9.17, 15) is 0 Å². The molecule has 0 fully saturated rings. The van der Waals surface area contributed by atoms with Gasteiger partial charge in [-0.3, -0.25) is 4.98 Å². The van der Waals surface area contributed by atoms with E-state index in [1.54, 1.807) is 18.0 Å². The molecule has 1 aromatic heterocycles. The monoisotopic (exact) mass is 209 g/mol. The average molecular weight is 209 g/mol. The summed E-state index contributed by atoms with van der Waals surface area (Å²) in [5.41, 5.74) is 1.91. The van der Waals surface area contributed by atoms with E-state index in [0.717, 1.165) is 16.5 Å². The van der Waals surface area contributed by atoms with Crippen LogP contribution in [0.5, 0.6) is 0 Å². The Hall–Kier alpha value is -1.03. The summed E-state index contributed by atoms with van der Waals surface area (Å²) >= 11 is 1.63.